The second-order valence-electron chi connectivity index (χ2n) is 9.04. The monoisotopic (exact) mass is 579 g/mol. The molecule has 206 valence electrons. The molecule has 12 heteroatoms. The summed E-state index contributed by atoms with van der Waals surface area (Å²) in [7, 11) is 3.72. The number of anilines is 1. The summed E-state index contributed by atoms with van der Waals surface area (Å²) in [4.78, 5) is 30.7. The van der Waals surface area contributed by atoms with Crippen LogP contribution in [0.2, 0.25) is 0 Å². The van der Waals surface area contributed by atoms with E-state index >= 15 is 0 Å². The van der Waals surface area contributed by atoms with Crippen molar-refractivity contribution in [2.24, 2.45) is 0 Å². The first-order valence-electron chi connectivity index (χ1n) is 11.3. The molecule has 8 nitrogen and oxygen atoms in total. The lowest BCUT2D eigenvalue weighted by Crippen LogP contribution is -3.00. The van der Waals surface area contributed by atoms with Crippen molar-refractivity contribution in [3.63, 3.8) is 0 Å². The van der Waals surface area contributed by atoms with E-state index in [1.165, 1.54) is 23.6 Å². The molecule has 0 aliphatic carbocycles. The van der Waals surface area contributed by atoms with Crippen molar-refractivity contribution in [2.75, 3.05) is 19.0 Å². The number of urea groups is 1. The Morgan fingerprint density at radius 3 is 2.21 bits per heavy atom. The Kier molecular flexibility index (Phi) is 12.4. The maximum Gasteiger partial charge on any atom is 0.322 e. The molecule has 0 aliphatic heterocycles. The Morgan fingerprint density at radius 1 is 1.03 bits per heavy atom. The number of hydrogen-bond donors (Lipinski definition) is 2. The van der Waals surface area contributed by atoms with Gasteiger partial charge >= 0.3 is 6.03 Å². The first-order valence-corrected chi connectivity index (χ1v) is 12.9. The van der Waals surface area contributed by atoms with Crippen LogP contribution in [0.4, 0.5) is 19.2 Å². The highest BCUT2D eigenvalue weighted by molar-refractivity contribution is 7.19. The van der Waals surface area contributed by atoms with Crippen molar-refractivity contribution in [3.8, 4) is 21.1 Å². The van der Waals surface area contributed by atoms with E-state index in [-0.39, 0.29) is 37.2 Å². The summed E-state index contributed by atoms with van der Waals surface area (Å²) in [6, 6.07) is 5.16. The molecule has 0 radical (unpaired) electrons. The largest absolute Gasteiger partial charge is 1.00 e. The summed E-state index contributed by atoms with van der Waals surface area (Å²) in [5.41, 5.74) is 3.24. The second kappa shape index (κ2) is 14.2. The smallest absolute Gasteiger partial charge is 0.322 e. The molecule has 2 amide bonds. The topological polar surface area (TPSA) is 101 Å². The minimum atomic E-state index is -0.331. The van der Waals surface area contributed by atoms with E-state index in [9.17, 15) is 9.18 Å². The number of nitrogens with zero attached hydrogens (tertiary/aromatic N) is 5. The molecule has 0 saturated heterocycles. The molecule has 0 fully saturated rings. The summed E-state index contributed by atoms with van der Waals surface area (Å²) in [6.45, 7) is 9.73. The third-order valence-electron chi connectivity index (χ3n) is 4.82. The average molecular weight is 580 g/mol. The fourth-order valence-corrected chi connectivity index (χ4v) is 5.09. The molecule has 4 rings (SSSR count). The molecule has 38 heavy (non-hydrogen) atoms. The summed E-state index contributed by atoms with van der Waals surface area (Å²) in [5.74, 6) is -0.331. The van der Waals surface area contributed by atoms with Gasteiger partial charge in [0.05, 0.1) is 18.9 Å². The summed E-state index contributed by atoms with van der Waals surface area (Å²) >= 11 is 3.04. The standard InChI is InChI=1S/C15H20N4OS.C10H10FN3S.CH4.ClH/c1-10-13(19(5)14(20)18-15(2,3)4)21-12(17-10)11-7-6-8-16-9-11;1-6-9(12-2)15-10(14-6)7-3-8(11)5-13-4-7;;/h6-9H,1-5H3,(H,18,20);3-5,12H,1-2H3;1H4;1H. The number of carbonyl (C=O) groups excluding carboxylic acids is 1. The third kappa shape index (κ3) is 8.80. The van der Waals surface area contributed by atoms with E-state index in [1.807, 2.05) is 59.1 Å². The van der Waals surface area contributed by atoms with E-state index in [4.69, 9.17) is 0 Å². The third-order valence-corrected chi connectivity index (χ3v) is 7.37. The number of rotatable bonds is 4. The van der Waals surface area contributed by atoms with Crippen molar-refractivity contribution in [2.45, 2.75) is 47.6 Å². The number of nitrogens with two attached hydrogens (primary N) is 1. The summed E-state index contributed by atoms with van der Waals surface area (Å²) in [5, 5.41) is 8.59. The van der Waals surface area contributed by atoms with Gasteiger partial charge in [0, 0.05) is 42.3 Å². The van der Waals surface area contributed by atoms with Crippen molar-refractivity contribution in [1.29, 1.82) is 0 Å². The SMILES string of the molecule is C.C[NH2+]c1sc(-c2cncc(F)c2)nc1C.Cc1nc(-c2cccnc2)sc1N(C)C(=O)NC(C)(C)C.[Cl-]. The maximum absolute atomic E-state index is 12.9. The highest BCUT2D eigenvalue weighted by Gasteiger charge is 2.22. The minimum Gasteiger partial charge on any atom is -1.00 e. The van der Waals surface area contributed by atoms with Gasteiger partial charge in [-0.3, -0.25) is 14.9 Å². The highest BCUT2D eigenvalue weighted by Crippen LogP contribution is 2.33. The Labute approximate surface area is 238 Å². The fourth-order valence-electron chi connectivity index (χ4n) is 3.14. The van der Waals surface area contributed by atoms with Gasteiger partial charge in [-0.1, -0.05) is 30.1 Å². The van der Waals surface area contributed by atoms with Crippen LogP contribution in [0.1, 0.15) is 39.6 Å². The predicted octanol–water partition coefficient (Wildman–Crippen LogP) is 2.58. The highest BCUT2D eigenvalue weighted by atomic mass is 35.5. The number of pyridine rings is 2. The van der Waals surface area contributed by atoms with E-state index < -0.39 is 0 Å². The van der Waals surface area contributed by atoms with Gasteiger partial charge in [0.15, 0.2) is 0 Å². The van der Waals surface area contributed by atoms with Crippen molar-refractivity contribution in [1.82, 2.24) is 25.3 Å². The number of thiazole rings is 2. The number of quaternary nitrogens is 1. The number of aryl methyl sites for hydroxylation is 2. The summed E-state index contributed by atoms with van der Waals surface area (Å²) in [6.07, 6.45) is 6.32. The van der Waals surface area contributed by atoms with Crippen LogP contribution in [0.3, 0.4) is 0 Å². The number of nitrogens with one attached hydrogen (secondary N) is 1. The van der Waals surface area contributed by atoms with Gasteiger partial charge in [-0.25, -0.2) is 19.2 Å². The Hall–Kier alpha value is -2.99. The number of carbonyl (C=O) groups is 1. The minimum absolute atomic E-state index is 0. The molecule has 4 aromatic rings. The van der Waals surface area contributed by atoms with Crippen LogP contribution in [0, 0.1) is 19.7 Å². The van der Waals surface area contributed by atoms with Crippen LogP contribution in [0.5, 0.6) is 0 Å². The lowest BCUT2D eigenvalue weighted by Gasteiger charge is -2.25. The first-order chi connectivity index (χ1) is 17.0. The van der Waals surface area contributed by atoms with Crippen LogP contribution >= 0.6 is 22.7 Å². The Morgan fingerprint density at radius 2 is 1.66 bits per heavy atom. The van der Waals surface area contributed by atoms with E-state index in [1.54, 1.807) is 41.9 Å². The van der Waals surface area contributed by atoms with Crippen LogP contribution in [-0.2, 0) is 0 Å². The van der Waals surface area contributed by atoms with Gasteiger partial charge < -0.3 is 23.0 Å². The van der Waals surface area contributed by atoms with Gasteiger partial charge in [-0.2, -0.15) is 0 Å². The van der Waals surface area contributed by atoms with Crippen LogP contribution in [0.25, 0.3) is 21.1 Å². The Bertz CT molecular complexity index is 1320. The lowest BCUT2D eigenvalue weighted by molar-refractivity contribution is -0.535. The Balaban J connectivity index is 0.000000378. The molecule has 0 bridgehead atoms. The second-order valence-corrected chi connectivity index (χ2v) is 11.0. The predicted molar refractivity (Wildman–Crippen MR) is 151 cm³/mol. The van der Waals surface area contributed by atoms with Crippen LogP contribution < -0.4 is 27.9 Å². The molecular formula is C26H35ClFN7OS2. The van der Waals surface area contributed by atoms with E-state index in [0.29, 0.717) is 0 Å². The van der Waals surface area contributed by atoms with Crippen LogP contribution in [0.15, 0.2) is 43.0 Å². The molecule has 0 atom stereocenters. The molecule has 4 heterocycles. The molecule has 0 saturated carbocycles. The van der Waals surface area contributed by atoms with Crippen molar-refractivity contribution in [3.05, 3.63) is 60.2 Å². The van der Waals surface area contributed by atoms with Gasteiger partial charge in [0.2, 0.25) is 5.00 Å². The normalized spacial score (nSPS) is 10.4. The zero-order valence-corrected chi connectivity index (χ0v) is 24.2. The van der Waals surface area contributed by atoms with Crippen molar-refractivity contribution >= 4 is 38.7 Å². The van der Waals surface area contributed by atoms with Crippen molar-refractivity contribution < 1.29 is 26.9 Å². The molecular weight excluding hydrogens is 545 g/mol. The van der Waals surface area contributed by atoms with E-state index in [0.717, 1.165) is 42.5 Å². The molecule has 3 N–H and O–H groups in total. The average Bonchev–Trinajstić information content (AvgIpc) is 3.41. The number of amides is 2. The molecule has 4 aromatic heterocycles. The van der Waals surface area contributed by atoms with Gasteiger partial charge in [-0.15, -0.1) is 0 Å². The number of aromatic nitrogens is 4. The first kappa shape index (κ1) is 33.0. The lowest BCUT2D eigenvalue weighted by atomic mass is 10.1. The molecule has 0 aromatic carbocycles. The number of halogens is 2. The molecule has 0 spiro atoms. The van der Waals surface area contributed by atoms with Crippen LogP contribution in [-0.4, -0.2) is 45.6 Å². The molecule has 0 unspecified atom stereocenters. The maximum atomic E-state index is 12.9. The summed E-state index contributed by atoms with van der Waals surface area (Å²) < 4.78 is 12.9. The van der Waals surface area contributed by atoms with E-state index in [2.05, 4.69) is 25.3 Å². The quantitative estimate of drug-likeness (QED) is 0.387. The fraction of sp³-hybridized carbons (Fsp3) is 0.346. The number of hydrogen-bond acceptors (Lipinski definition) is 7. The van der Waals surface area contributed by atoms with Gasteiger partial charge in [0.25, 0.3) is 0 Å². The van der Waals surface area contributed by atoms with Gasteiger partial charge in [-0.05, 0) is 52.8 Å². The molecule has 0 aliphatic rings. The zero-order chi connectivity index (χ0) is 26.5. The zero-order valence-electron chi connectivity index (χ0n) is 21.8. The van der Waals surface area contributed by atoms with Gasteiger partial charge in [0.1, 0.15) is 26.5 Å².